The van der Waals surface area contributed by atoms with Crippen molar-refractivity contribution in [1.82, 2.24) is 4.90 Å². The number of rotatable bonds is 0. The summed E-state index contributed by atoms with van der Waals surface area (Å²) >= 11 is 0. The molecule has 2 aliphatic heterocycles. The van der Waals surface area contributed by atoms with Crippen LogP contribution in [0, 0.1) is 0 Å². The van der Waals surface area contributed by atoms with Crippen LogP contribution in [0.3, 0.4) is 0 Å². The van der Waals surface area contributed by atoms with E-state index in [1.165, 1.54) is 45.1 Å². The van der Waals surface area contributed by atoms with Crippen molar-refractivity contribution in [2.24, 2.45) is 0 Å². The van der Waals surface area contributed by atoms with Crippen LogP contribution in [-0.2, 0) is 0 Å². The SMILES string of the molecule is CC1(C)CCC2CCCCCN21. The summed E-state index contributed by atoms with van der Waals surface area (Å²) in [6.07, 6.45) is 8.69. The molecule has 0 bridgehead atoms. The van der Waals surface area contributed by atoms with Crippen molar-refractivity contribution in [3.8, 4) is 0 Å². The summed E-state index contributed by atoms with van der Waals surface area (Å²) in [6.45, 7) is 6.19. The van der Waals surface area contributed by atoms with Crippen molar-refractivity contribution < 1.29 is 0 Å². The molecule has 2 saturated heterocycles. The Bertz CT molecular complexity index is 160. The van der Waals surface area contributed by atoms with E-state index in [2.05, 4.69) is 18.7 Å². The summed E-state index contributed by atoms with van der Waals surface area (Å²) in [5.41, 5.74) is 0.509. The highest BCUT2D eigenvalue weighted by atomic mass is 15.2. The molecule has 2 rings (SSSR count). The van der Waals surface area contributed by atoms with Gasteiger partial charge in [0.15, 0.2) is 0 Å². The fourth-order valence-electron chi connectivity index (χ4n) is 2.94. The summed E-state index contributed by atoms with van der Waals surface area (Å²) in [6, 6.07) is 0.933. The van der Waals surface area contributed by atoms with E-state index in [4.69, 9.17) is 0 Å². The molecule has 0 aromatic heterocycles. The monoisotopic (exact) mass is 167 g/mol. The Hall–Kier alpha value is -0.0400. The fraction of sp³-hybridized carbons (Fsp3) is 1.00. The third-order valence-corrected chi connectivity index (χ3v) is 3.74. The Kier molecular flexibility index (Phi) is 2.16. The quantitative estimate of drug-likeness (QED) is 0.536. The maximum atomic E-state index is 2.76. The molecule has 0 N–H and O–H groups in total. The normalized spacial score (nSPS) is 36.0. The summed E-state index contributed by atoms with van der Waals surface area (Å²) in [5, 5.41) is 0. The molecule has 2 fully saturated rings. The van der Waals surface area contributed by atoms with Gasteiger partial charge in [-0.2, -0.15) is 0 Å². The Morgan fingerprint density at radius 1 is 1.08 bits per heavy atom. The highest BCUT2D eigenvalue weighted by Gasteiger charge is 2.38. The van der Waals surface area contributed by atoms with Gasteiger partial charge < -0.3 is 0 Å². The van der Waals surface area contributed by atoms with Crippen LogP contribution in [0.15, 0.2) is 0 Å². The lowest BCUT2D eigenvalue weighted by molar-refractivity contribution is 0.133. The molecule has 1 atom stereocenters. The van der Waals surface area contributed by atoms with Gasteiger partial charge in [-0.1, -0.05) is 12.8 Å². The van der Waals surface area contributed by atoms with Gasteiger partial charge in [-0.15, -0.1) is 0 Å². The first-order chi connectivity index (χ1) is 5.70. The predicted molar refractivity (Wildman–Crippen MR) is 52.3 cm³/mol. The Morgan fingerprint density at radius 2 is 1.92 bits per heavy atom. The average Bonchev–Trinajstić information content (AvgIpc) is 2.27. The molecular formula is C11H21N. The van der Waals surface area contributed by atoms with E-state index in [0.29, 0.717) is 5.54 Å². The van der Waals surface area contributed by atoms with Crippen molar-refractivity contribution >= 4 is 0 Å². The maximum Gasteiger partial charge on any atom is 0.0156 e. The zero-order valence-corrected chi connectivity index (χ0v) is 8.47. The van der Waals surface area contributed by atoms with E-state index in [9.17, 15) is 0 Å². The Morgan fingerprint density at radius 3 is 2.75 bits per heavy atom. The second kappa shape index (κ2) is 3.02. The number of nitrogens with zero attached hydrogens (tertiary/aromatic N) is 1. The second-order valence-corrected chi connectivity index (χ2v) is 5.05. The van der Waals surface area contributed by atoms with Gasteiger partial charge in [0.05, 0.1) is 0 Å². The lowest BCUT2D eigenvalue weighted by atomic mass is 10.0. The van der Waals surface area contributed by atoms with Crippen molar-refractivity contribution in [2.45, 2.75) is 64.0 Å². The zero-order valence-electron chi connectivity index (χ0n) is 8.47. The number of fused-ring (bicyclic) bond motifs is 1. The van der Waals surface area contributed by atoms with Crippen LogP contribution in [-0.4, -0.2) is 23.0 Å². The van der Waals surface area contributed by atoms with Crippen molar-refractivity contribution in [3.63, 3.8) is 0 Å². The molecular weight excluding hydrogens is 146 g/mol. The molecule has 12 heavy (non-hydrogen) atoms. The van der Waals surface area contributed by atoms with Crippen LogP contribution < -0.4 is 0 Å². The number of hydrogen-bond donors (Lipinski definition) is 0. The molecule has 70 valence electrons. The van der Waals surface area contributed by atoms with Crippen molar-refractivity contribution in [2.75, 3.05) is 6.54 Å². The van der Waals surface area contributed by atoms with E-state index >= 15 is 0 Å². The Balaban J connectivity index is 2.09. The minimum Gasteiger partial charge on any atom is -0.295 e. The first kappa shape index (κ1) is 8.55. The van der Waals surface area contributed by atoms with Crippen LogP contribution in [0.2, 0.25) is 0 Å². The van der Waals surface area contributed by atoms with Gasteiger partial charge in [-0.3, -0.25) is 4.90 Å². The van der Waals surface area contributed by atoms with Crippen LogP contribution in [0.1, 0.15) is 52.4 Å². The van der Waals surface area contributed by atoms with Gasteiger partial charge >= 0.3 is 0 Å². The smallest absolute Gasteiger partial charge is 0.0156 e. The van der Waals surface area contributed by atoms with Crippen LogP contribution >= 0.6 is 0 Å². The van der Waals surface area contributed by atoms with Crippen molar-refractivity contribution in [3.05, 3.63) is 0 Å². The highest BCUT2D eigenvalue weighted by Crippen LogP contribution is 2.37. The first-order valence-electron chi connectivity index (χ1n) is 5.47. The molecule has 0 spiro atoms. The minimum atomic E-state index is 0.509. The molecule has 0 radical (unpaired) electrons. The maximum absolute atomic E-state index is 2.76. The first-order valence-corrected chi connectivity index (χ1v) is 5.47. The molecule has 0 aromatic carbocycles. The van der Waals surface area contributed by atoms with Gasteiger partial charge in [0.1, 0.15) is 0 Å². The highest BCUT2D eigenvalue weighted by molar-refractivity contribution is 4.95. The summed E-state index contributed by atoms with van der Waals surface area (Å²) in [5.74, 6) is 0. The molecule has 1 nitrogen and oxygen atoms in total. The fourth-order valence-corrected chi connectivity index (χ4v) is 2.94. The zero-order chi connectivity index (χ0) is 8.60. The Labute approximate surface area is 76.1 Å². The molecule has 0 amide bonds. The summed E-state index contributed by atoms with van der Waals surface area (Å²) < 4.78 is 0. The molecule has 1 heteroatoms. The van der Waals surface area contributed by atoms with Gasteiger partial charge in [-0.25, -0.2) is 0 Å². The molecule has 0 aliphatic carbocycles. The average molecular weight is 167 g/mol. The van der Waals surface area contributed by atoms with E-state index in [1.54, 1.807) is 0 Å². The molecule has 0 aromatic rings. The van der Waals surface area contributed by atoms with Gasteiger partial charge in [0, 0.05) is 11.6 Å². The van der Waals surface area contributed by atoms with Crippen LogP contribution in [0.5, 0.6) is 0 Å². The summed E-state index contributed by atoms with van der Waals surface area (Å²) in [4.78, 5) is 2.76. The van der Waals surface area contributed by atoms with Gasteiger partial charge in [-0.05, 0) is 46.1 Å². The van der Waals surface area contributed by atoms with Gasteiger partial charge in [0.25, 0.3) is 0 Å². The van der Waals surface area contributed by atoms with E-state index < -0.39 is 0 Å². The molecule has 0 saturated carbocycles. The summed E-state index contributed by atoms with van der Waals surface area (Å²) in [7, 11) is 0. The van der Waals surface area contributed by atoms with Crippen LogP contribution in [0.4, 0.5) is 0 Å². The predicted octanol–water partition coefficient (Wildman–Crippen LogP) is 2.80. The standard InChI is InChI=1S/C11H21N/c1-11(2)8-7-10-6-4-3-5-9-12(10)11/h10H,3-9H2,1-2H3. The third kappa shape index (κ3) is 1.39. The van der Waals surface area contributed by atoms with Crippen LogP contribution in [0.25, 0.3) is 0 Å². The largest absolute Gasteiger partial charge is 0.295 e. The minimum absolute atomic E-state index is 0.509. The molecule has 1 unspecified atom stereocenters. The van der Waals surface area contributed by atoms with E-state index in [-0.39, 0.29) is 0 Å². The van der Waals surface area contributed by atoms with Crippen molar-refractivity contribution in [1.29, 1.82) is 0 Å². The molecule has 2 aliphatic rings. The lowest BCUT2D eigenvalue weighted by Gasteiger charge is -2.34. The number of hydrogen-bond acceptors (Lipinski definition) is 1. The topological polar surface area (TPSA) is 3.24 Å². The van der Waals surface area contributed by atoms with E-state index in [1.807, 2.05) is 0 Å². The second-order valence-electron chi connectivity index (χ2n) is 5.05. The lowest BCUT2D eigenvalue weighted by Crippen LogP contribution is -2.42. The van der Waals surface area contributed by atoms with Gasteiger partial charge in [0.2, 0.25) is 0 Å². The third-order valence-electron chi connectivity index (χ3n) is 3.74. The molecule has 2 heterocycles. The van der Waals surface area contributed by atoms with E-state index in [0.717, 1.165) is 6.04 Å².